The lowest BCUT2D eigenvalue weighted by Gasteiger charge is -2.29. The second kappa shape index (κ2) is 9.96. The van der Waals surface area contributed by atoms with Crippen molar-refractivity contribution in [3.63, 3.8) is 0 Å². The monoisotopic (exact) mass is 420 g/mol. The van der Waals surface area contributed by atoms with Crippen LogP contribution in [0.4, 0.5) is 4.39 Å². The maximum atomic E-state index is 14.5. The Morgan fingerprint density at radius 3 is 2.55 bits per heavy atom. The van der Waals surface area contributed by atoms with Gasteiger partial charge in [0.05, 0.1) is 5.02 Å². The summed E-state index contributed by atoms with van der Waals surface area (Å²) in [6.45, 7) is 3.57. The Morgan fingerprint density at radius 1 is 1.24 bits per heavy atom. The van der Waals surface area contributed by atoms with Gasteiger partial charge in [0.25, 0.3) is 5.88 Å². The highest BCUT2D eigenvalue weighted by molar-refractivity contribution is 6.30. The molecule has 0 radical (unpaired) electrons. The highest BCUT2D eigenvalue weighted by Crippen LogP contribution is 2.31. The molecular weight excluding hydrogens is 395 g/mol. The normalized spacial score (nSPS) is 20.1. The van der Waals surface area contributed by atoms with E-state index in [9.17, 15) is 9.18 Å². The molecule has 1 atom stereocenters. The standard InChI is InChI=1S/C21H26ClFN4O2/c1-13(27-14(2)28)3-4-15-5-7-18(8-6-15)29-21-19(23)9-16(10-26-21)20-24-11-17(22)12-25-20/h9-13,15,18H,3-8H2,1-2H3,(H,27,28)/t13-,15?,18?/m0/s1. The Bertz CT molecular complexity index is 826. The number of pyridine rings is 1. The summed E-state index contributed by atoms with van der Waals surface area (Å²) in [6.07, 6.45) is 10.3. The maximum absolute atomic E-state index is 14.5. The minimum atomic E-state index is -0.521. The first-order valence-electron chi connectivity index (χ1n) is 9.98. The molecule has 0 unspecified atom stereocenters. The number of nitrogens with zero attached hydrogens (tertiary/aromatic N) is 3. The average molecular weight is 421 g/mol. The van der Waals surface area contributed by atoms with Crippen molar-refractivity contribution >= 4 is 17.5 Å². The van der Waals surface area contributed by atoms with Crippen LogP contribution in [-0.2, 0) is 4.79 Å². The zero-order chi connectivity index (χ0) is 20.8. The third-order valence-electron chi connectivity index (χ3n) is 5.22. The van der Waals surface area contributed by atoms with E-state index in [1.165, 1.54) is 24.7 Å². The Morgan fingerprint density at radius 2 is 1.93 bits per heavy atom. The molecule has 1 aliphatic rings. The highest BCUT2D eigenvalue weighted by Gasteiger charge is 2.24. The number of nitrogens with one attached hydrogen (secondary N) is 1. The summed E-state index contributed by atoms with van der Waals surface area (Å²) in [7, 11) is 0. The number of rotatable bonds is 7. The average Bonchev–Trinajstić information content (AvgIpc) is 2.69. The fourth-order valence-electron chi connectivity index (χ4n) is 3.70. The molecule has 1 amide bonds. The Hall–Kier alpha value is -2.28. The van der Waals surface area contributed by atoms with Gasteiger partial charge in [-0.3, -0.25) is 4.79 Å². The summed E-state index contributed by atoms with van der Waals surface area (Å²) in [5, 5.41) is 3.34. The summed E-state index contributed by atoms with van der Waals surface area (Å²) < 4.78 is 20.3. The van der Waals surface area contributed by atoms with Crippen LogP contribution in [0.25, 0.3) is 11.4 Å². The first kappa shape index (κ1) is 21.4. The Balaban J connectivity index is 1.49. The van der Waals surface area contributed by atoms with E-state index in [1.54, 1.807) is 6.92 Å². The molecule has 1 N–H and O–H groups in total. The van der Waals surface area contributed by atoms with Gasteiger partial charge in [-0.05, 0) is 57.4 Å². The summed E-state index contributed by atoms with van der Waals surface area (Å²) in [4.78, 5) is 23.4. The molecule has 29 heavy (non-hydrogen) atoms. The van der Waals surface area contributed by atoms with Crippen LogP contribution < -0.4 is 10.1 Å². The first-order chi connectivity index (χ1) is 13.9. The lowest BCUT2D eigenvalue weighted by atomic mass is 9.84. The van der Waals surface area contributed by atoms with Gasteiger partial charge in [-0.25, -0.2) is 19.3 Å². The third kappa shape index (κ3) is 6.35. The molecule has 1 aliphatic carbocycles. The molecular formula is C21H26ClFN4O2. The van der Waals surface area contributed by atoms with Crippen molar-refractivity contribution < 1.29 is 13.9 Å². The van der Waals surface area contributed by atoms with Crippen LogP contribution in [0, 0.1) is 11.7 Å². The molecule has 8 heteroatoms. The SMILES string of the molecule is CC(=O)N[C@@H](C)CCC1CCC(Oc2ncc(-c3ncc(Cl)cn3)cc2F)CC1. The van der Waals surface area contributed by atoms with Gasteiger partial charge in [0.1, 0.15) is 6.10 Å². The van der Waals surface area contributed by atoms with Gasteiger partial charge in [-0.15, -0.1) is 0 Å². The van der Waals surface area contributed by atoms with Crippen molar-refractivity contribution in [2.75, 3.05) is 0 Å². The van der Waals surface area contributed by atoms with E-state index in [-0.39, 0.29) is 23.9 Å². The predicted octanol–water partition coefficient (Wildman–Crippen LogP) is 4.57. The molecule has 156 valence electrons. The third-order valence-corrected chi connectivity index (χ3v) is 5.41. The Kier molecular flexibility index (Phi) is 7.36. The zero-order valence-corrected chi connectivity index (χ0v) is 17.5. The molecule has 1 saturated carbocycles. The van der Waals surface area contributed by atoms with Crippen LogP contribution in [0.15, 0.2) is 24.7 Å². The number of halogens is 2. The molecule has 0 saturated heterocycles. The lowest BCUT2D eigenvalue weighted by molar-refractivity contribution is -0.119. The van der Waals surface area contributed by atoms with Crippen molar-refractivity contribution in [1.82, 2.24) is 20.3 Å². The van der Waals surface area contributed by atoms with Gasteiger partial charge < -0.3 is 10.1 Å². The fraction of sp³-hybridized carbons (Fsp3) is 0.524. The molecule has 0 aromatic carbocycles. The van der Waals surface area contributed by atoms with E-state index in [1.807, 2.05) is 6.92 Å². The molecule has 0 spiro atoms. The summed E-state index contributed by atoms with van der Waals surface area (Å²) in [5.41, 5.74) is 0.475. The van der Waals surface area contributed by atoms with Gasteiger partial charge in [-0.2, -0.15) is 0 Å². The summed E-state index contributed by atoms with van der Waals surface area (Å²) in [5.74, 6) is 0.491. The van der Waals surface area contributed by atoms with Crippen LogP contribution in [0.3, 0.4) is 0 Å². The van der Waals surface area contributed by atoms with Crippen molar-refractivity contribution in [3.05, 3.63) is 35.5 Å². The number of aromatic nitrogens is 3. The van der Waals surface area contributed by atoms with Gasteiger partial charge in [0.15, 0.2) is 11.6 Å². The van der Waals surface area contributed by atoms with Crippen LogP contribution in [0.1, 0.15) is 52.4 Å². The largest absolute Gasteiger partial charge is 0.472 e. The smallest absolute Gasteiger partial charge is 0.250 e. The predicted molar refractivity (Wildman–Crippen MR) is 109 cm³/mol. The van der Waals surface area contributed by atoms with Crippen LogP contribution in [0.2, 0.25) is 5.02 Å². The van der Waals surface area contributed by atoms with Crippen molar-refractivity contribution in [2.45, 2.75) is 64.5 Å². The quantitative estimate of drug-likeness (QED) is 0.709. The van der Waals surface area contributed by atoms with E-state index in [2.05, 4.69) is 20.3 Å². The molecule has 3 rings (SSSR count). The van der Waals surface area contributed by atoms with Crippen molar-refractivity contribution in [3.8, 4) is 17.3 Å². The van der Waals surface area contributed by atoms with E-state index < -0.39 is 5.82 Å². The van der Waals surface area contributed by atoms with Gasteiger partial charge in [-0.1, -0.05) is 11.6 Å². The number of carbonyl (C=O) groups excluding carboxylic acids is 1. The van der Waals surface area contributed by atoms with E-state index >= 15 is 0 Å². The number of amides is 1. The Labute approximate surface area is 175 Å². The minimum Gasteiger partial charge on any atom is -0.472 e. The molecule has 2 heterocycles. The van der Waals surface area contributed by atoms with Crippen LogP contribution in [-0.4, -0.2) is 33.0 Å². The lowest BCUT2D eigenvalue weighted by Crippen LogP contribution is -2.31. The van der Waals surface area contributed by atoms with Crippen molar-refractivity contribution in [1.29, 1.82) is 0 Å². The number of carbonyl (C=O) groups is 1. The summed E-state index contributed by atoms with van der Waals surface area (Å²) >= 11 is 5.78. The van der Waals surface area contributed by atoms with E-state index in [0.717, 1.165) is 38.5 Å². The molecule has 0 bridgehead atoms. The number of hydrogen-bond acceptors (Lipinski definition) is 5. The first-order valence-corrected chi connectivity index (χ1v) is 10.4. The van der Waals surface area contributed by atoms with Gasteiger partial charge in [0.2, 0.25) is 5.91 Å². The minimum absolute atomic E-state index is 0.0118. The zero-order valence-electron chi connectivity index (χ0n) is 16.7. The highest BCUT2D eigenvalue weighted by atomic mass is 35.5. The maximum Gasteiger partial charge on any atom is 0.250 e. The second-order valence-corrected chi connectivity index (χ2v) is 8.11. The number of hydrogen-bond donors (Lipinski definition) is 1. The van der Waals surface area contributed by atoms with Crippen LogP contribution >= 0.6 is 11.6 Å². The molecule has 1 fully saturated rings. The topological polar surface area (TPSA) is 77.0 Å². The second-order valence-electron chi connectivity index (χ2n) is 7.68. The van der Waals surface area contributed by atoms with Crippen LogP contribution in [0.5, 0.6) is 5.88 Å². The summed E-state index contributed by atoms with van der Waals surface area (Å²) in [6, 6.07) is 1.53. The van der Waals surface area contributed by atoms with E-state index in [0.29, 0.717) is 22.3 Å². The van der Waals surface area contributed by atoms with Gasteiger partial charge >= 0.3 is 0 Å². The molecule has 0 aliphatic heterocycles. The van der Waals surface area contributed by atoms with Gasteiger partial charge in [0, 0.05) is 37.1 Å². The number of ether oxygens (including phenoxy) is 1. The van der Waals surface area contributed by atoms with Crippen molar-refractivity contribution in [2.24, 2.45) is 5.92 Å². The van der Waals surface area contributed by atoms with E-state index in [4.69, 9.17) is 16.3 Å². The fourth-order valence-corrected chi connectivity index (χ4v) is 3.79. The molecule has 6 nitrogen and oxygen atoms in total. The molecule has 2 aromatic rings. The molecule has 2 aromatic heterocycles.